The lowest BCUT2D eigenvalue weighted by molar-refractivity contribution is -0.113. The van der Waals surface area contributed by atoms with Gasteiger partial charge in [-0.15, -0.1) is 0 Å². The third-order valence-electron chi connectivity index (χ3n) is 3.54. The van der Waals surface area contributed by atoms with Crippen molar-refractivity contribution in [2.45, 2.75) is 18.4 Å². The maximum atomic E-state index is 12.2. The molecule has 0 radical (unpaired) electrons. The van der Waals surface area contributed by atoms with E-state index in [1.54, 1.807) is 12.1 Å². The van der Waals surface area contributed by atoms with Crippen molar-refractivity contribution in [3.63, 3.8) is 0 Å². The molecule has 0 aliphatic carbocycles. The fourth-order valence-corrected chi connectivity index (χ4v) is 3.26. The Morgan fingerprint density at radius 3 is 2.68 bits per heavy atom. The molecule has 0 spiro atoms. The highest BCUT2D eigenvalue weighted by atomic mass is 32.2. The number of amides is 1. The Morgan fingerprint density at radius 1 is 1.16 bits per heavy atom. The largest absolute Gasteiger partial charge is 0.325 e. The zero-order valence-electron chi connectivity index (χ0n) is 13.7. The van der Waals surface area contributed by atoms with Gasteiger partial charge in [-0.2, -0.15) is 5.26 Å². The summed E-state index contributed by atoms with van der Waals surface area (Å²) in [5.41, 5.74) is 2.53. The highest BCUT2D eigenvalue weighted by molar-refractivity contribution is 8.00. The molecule has 0 aliphatic rings. The molecule has 0 atom stereocenters. The number of para-hydroxylation sites is 1. The van der Waals surface area contributed by atoms with Gasteiger partial charge in [0.05, 0.1) is 23.8 Å². The molecule has 0 saturated carbocycles. The summed E-state index contributed by atoms with van der Waals surface area (Å²) in [4.78, 5) is 21.0. The molecule has 124 valence electrons. The van der Waals surface area contributed by atoms with E-state index in [1.807, 2.05) is 43.3 Å². The van der Waals surface area contributed by atoms with Crippen LogP contribution in [0.1, 0.15) is 11.4 Å². The van der Waals surface area contributed by atoms with Crippen LogP contribution in [0.15, 0.2) is 53.6 Å². The number of nitrogens with zero attached hydrogens (tertiary/aromatic N) is 3. The van der Waals surface area contributed by atoms with E-state index in [9.17, 15) is 4.79 Å². The Morgan fingerprint density at radius 2 is 1.92 bits per heavy atom. The van der Waals surface area contributed by atoms with Crippen LogP contribution < -0.4 is 5.32 Å². The number of carbonyl (C=O) groups excluding carboxylic acids is 1. The van der Waals surface area contributed by atoms with E-state index in [4.69, 9.17) is 5.26 Å². The van der Waals surface area contributed by atoms with Crippen molar-refractivity contribution in [2.24, 2.45) is 0 Å². The number of aryl methyl sites for hydroxylation is 1. The van der Waals surface area contributed by atoms with Gasteiger partial charge in [0, 0.05) is 11.1 Å². The first-order chi connectivity index (χ1) is 12.2. The molecule has 25 heavy (non-hydrogen) atoms. The number of fused-ring (bicyclic) bond motifs is 1. The van der Waals surface area contributed by atoms with Crippen LogP contribution in [-0.4, -0.2) is 21.6 Å². The number of hydrogen-bond donors (Lipinski definition) is 1. The first-order valence-electron chi connectivity index (χ1n) is 7.77. The number of aromatic nitrogens is 2. The van der Waals surface area contributed by atoms with E-state index in [0.717, 1.165) is 27.2 Å². The number of carbonyl (C=O) groups is 1. The topological polar surface area (TPSA) is 78.7 Å². The lowest BCUT2D eigenvalue weighted by Crippen LogP contribution is -2.14. The van der Waals surface area contributed by atoms with Crippen LogP contribution >= 0.6 is 11.8 Å². The highest BCUT2D eigenvalue weighted by Gasteiger charge is 2.09. The quantitative estimate of drug-likeness (QED) is 0.561. The Bertz CT molecular complexity index is 948. The number of benzene rings is 2. The first-order valence-corrected chi connectivity index (χ1v) is 8.76. The van der Waals surface area contributed by atoms with E-state index >= 15 is 0 Å². The van der Waals surface area contributed by atoms with Crippen molar-refractivity contribution in [1.29, 1.82) is 5.26 Å². The maximum absolute atomic E-state index is 12.2. The average Bonchev–Trinajstić information content (AvgIpc) is 2.61. The molecule has 0 aliphatic heterocycles. The zero-order valence-corrected chi connectivity index (χ0v) is 14.5. The van der Waals surface area contributed by atoms with Gasteiger partial charge in [0.1, 0.15) is 10.9 Å². The van der Waals surface area contributed by atoms with Gasteiger partial charge in [-0.3, -0.25) is 4.79 Å². The minimum atomic E-state index is -0.0987. The Kier molecular flexibility index (Phi) is 5.26. The third kappa shape index (κ3) is 4.34. The number of nitriles is 1. The van der Waals surface area contributed by atoms with Gasteiger partial charge in [-0.05, 0) is 30.7 Å². The molecule has 6 heteroatoms. The van der Waals surface area contributed by atoms with Crippen LogP contribution in [0.3, 0.4) is 0 Å². The van der Waals surface area contributed by atoms with Crippen molar-refractivity contribution < 1.29 is 4.79 Å². The monoisotopic (exact) mass is 348 g/mol. The van der Waals surface area contributed by atoms with Crippen molar-refractivity contribution in [1.82, 2.24) is 9.97 Å². The van der Waals surface area contributed by atoms with Gasteiger partial charge in [-0.25, -0.2) is 9.97 Å². The van der Waals surface area contributed by atoms with Crippen LogP contribution in [0.2, 0.25) is 0 Å². The van der Waals surface area contributed by atoms with Gasteiger partial charge in [0.2, 0.25) is 5.91 Å². The molecule has 1 aromatic heterocycles. The average molecular weight is 348 g/mol. The molecule has 1 heterocycles. The molecule has 1 amide bonds. The molecular formula is C19H16N4OS. The minimum absolute atomic E-state index is 0.0987. The Balaban J connectivity index is 1.65. The standard InChI is InChI=1S/C19H16N4OS/c1-13-21-17-5-3-2-4-16(17)19(22-13)25-12-18(24)23-15-8-6-14(7-9-15)10-11-20/h2-9H,10,12H2,1H3,(H,23,24). The number of thioether (sulfide) groups is 1. The number of nitrogens with one attached hydrogen (secondary N) is 1. The van der Waals surface area contributed by atoms with Crippen LogP contribution in [-0.2, 0) is 11.2 Å². The maximum Gasteiger partial charge on any atom is 0.234 e. The summed E-state index contributed by atoms with van der Waals surface area (Å²) in [7, 11) is 0. The number of hydrogen-bond acceptors (Lipinski definition) is 5. The van der Waals surface area contributed by atoms with Crippen molar-refractivity contribution >= 4 is 34.3 Å². The second kappa shape index (κ2) is 7.77. The summed E-state index contributed by atoms with van der Waals surface area (Å²) >= 11 is 1.40. The highest BCUT2D eigenvalue weighted by Crippen LogP contribution is 2.25. The summed E-state index contributed by atoms with van der Waals surface area (Å²) in [6.45, 7) is 1.85. The summed E-state index contributed by atoms with van der Waals surface area (Å²) in [5.74, 6) is 0.855. The van der Waals surface area contributed by atoms with Crippen LogP contribution in [0.4, 0.5) is 5.69 Å². The molecule has 5 nitrogen and oxygen atoms in total. The lowest BCUT2D eigenvalue weighted by Gasteiger charge is -2.08. The first kappa shape index (κ1) is 16.9. The third-order valence-corrected chi connectivity index (χ3v) is 4.53. The predicted molar refractivity (Wildman–Crippen MR) is 99.4 cm³/mol. The van der Waals surface area contributed by atoms with Gasteiger partial charge in [0.25, 0.3) is 0 Å². The summed E-state index contributed by atoms with van der Waals surface area (Å²) in [5, 5.41) is 13.3. The SMILES string of the molecule is Cc1nc(SCC(=O)Nc2ccc(CC#N)cc2)c2ccccc2n1. The van der Waals surface area contributed by atoms with Gasteiger partial charge in [-0.1, -0.05) is 42.1 Å². The van der Waals surface area contributed by atoms with Crippen molar-refractivity contribution in [3.8, 4) is 6.07 Å². The molecule has 0 fully saturated rings. The normalized spacial score (nSPS) is 10.4. The van der Waals surface area contributed by atoms with Crippen molar-refractivity contribution in [2.75, 3.05) is 11.1 Å². The van der Waals surface area contributed by atoms with Crippen LogP contribution in [0.25, 0.3) is 10.9 Å². The smallest absolute Gasteiger partial charge is 0.234 e. The van der Waals surface area contributed by atoms with E-state index < -0.39 is 0 Å². The Labute approximate surface area is 150 Å². The Hall–Kier alpha value is -2.91. The zero-order chi connectivity index (χ0) is 17.6. The van der Waals surface area contributed by atoms with E-state index in [-0.39, 0.29) is 11.7 Å². The van der Waals surface area contributed by atoms with Gasteiger partial charge >= 0.3 is 0 Å². The van der Waals surface area contributed by atoms with E-state index in [0.29, 0.717) is 12.2 Å². The molecule has 3 aromatic rings. The lowest BCUT2D eigenvalue weighted by atomic mass is 10.1. The minimum Gasteiger partial charge on any atom is -0.325 e. The molecule has 3 rings (SSSR count). The van der Waals surface area contributed by atoms with Gasteiger partial charge in [0.15, 0.2) is 0 Å². The molecule has 0 unspecified atom stereocenters. The van der Waals surface area contributed by atoms with E-state index in [1.165, 1.54) is 11.8 Å². The van der Waals surface area contributed by atoms with E-state index in [2.05, 4.69) is 21.4 Å². The summed E-state index contributed by atoms with van der Waals surface area (Å²) in [6.07, 6.45) is 0.365. The van der Waals surface area contributed by atoms with Crippen molar-refractivity contribution in [3.05, 3.63) is 59.9 Å². The molecule has 1 N–H and O–H groups in total. The second-order valence-electron chi connectivity index (χ2n) is 5.46. The van der Waals surface area contributed by atoms with Crippen LogP contribution in [0, 0.1) is 18.3 Å². The second-order valence-corrected chi connectivity index (χ2v) is 6.43. The molecule has 0 saturated heterocycles. The fraction of sp³-hybridized carbons (Fsp3) is 0.158. The van der Waals surface area contributed by atoms with Gasteiger partial charge < -0.3 is 5.32 Å². The molecule has 2 aromatic carbocycles. The number of rotatable bonds is 5. The molecule has 0 bridgehead atoms. The summed E-state index contributed by atoms with van der Waals surface area (Å²) in [6, 6.07) is 17.2. The molecular weight excluding hydrogens is 332 g/mol. The number of anilines is 1. The van der Waals surface area contributed by atoms with Crippen LogP contribution in [0.5, 0.6) is 0 Å². The predicted octanol–water partition coefficient (Wildman–Crippen LogP) is 3.74. The fourth-order valence-electron chi connectivity index (χ4n) is 2.40. The summed E-state index contributed by atoms with van der Waals surface area (Å²) < 4.78 is 0.